The molecule has 2 aliphatic rings. The Hall–Kier alpha value is -2.70. The van der Waals surface area contributed by atoms with Gasteiger partial charge in [0.25, 0.3) is 0 Å². The van der Waals surface area contributed by atoms with Crippen LogP contribution in [0.25, 0.3) is 0 Å². The molecule has 1 atom stereocenters. The fourth-order valence-corrected chi connectivity index (χ4v) is 3.39. The molecule has 2 aromatic rings. The van der Waals surface area contributed by atoms with Crippen LogP contribution in [-0.2, 0) is 11.3 Å². The minimum atomic E-state index is -0.00687. The van der Waals surface area contributed by atoms with Crippen molar-refractivity contribution in [1.82, 2.24) is 25.5 Å². The van der Waals surface area contributed by atoms with E-state index in [-0.39, 0.29) is 5.91 Å². The number of hydrogen-bond donors (Lipinski definition) is 2. The van der Waals surface area contributed by atoms with E-state index in [9.17, 15) is 4.79 Å². The molecule has 1 aliphatic heterocycles. The molecular formula is C18H22N6O. The topological polar surface area (TPSA) is 86.8 Å². The van der Waals surface area contributed by atoms with E-state index < -0.39 is 0 Å². The van der Waals surface area contributed by atoms with Crippen molar-refractivity contribution in [2.75, 3.05) is 18.0 Å². The van der Waals surface area contributed by atoms with Crippen molar-refractivity contribution in [2.24, 2.45) is 0 Å². The molecular weight excluding hydrogens is 316 g/mol. The van der Waals surface area contributed by atoms with Gasteiger partial charge in [-0.2, -0.15) is 5.10 Å². The Bertz CT molecular complexity index is 763. The van der Waals surface area contributed by atoms with Crippen molar-refractivity contribution in [3.63, 3.8) is 0 Å². The van der Waals surface area contributed by atoms with E-state index in [1.54, 1.807) is 18.5 Å². The lowest BCUT2D eigenvalue weighted by Crippen LogP contribution is -2.23. The quantitative estimate of drug-likeness (QED) is 0.814. The Kier molecular flexibility index (Phi) is 4.45. The molecule has 25 heavy (non-hydrogen) atoms. The molecule has 1 amide bonds. The molecule has 1 saturated carbocycles. The van der Waals surface area contributed by atoms with Crippen molar-refractivity contribution in [3.05, 3.63) is 47.6 Å². The van der Waals surface area contributed by atoms with Crippen LogP contribution in [0.1, 0.15) is 42.9 Å². The van der Waals surface area contributed by atoms with E-state index in [2.05, 4.69) is 30.4 Å². The lowest BCUT2D eigenvalue weighted by atomic mass is 9.92. The summed E-state index contributed by atoms with van der Waals surface area (Å²) in [7, 11) is 0. The number of carbonyl (C=O) groups is 1. The number of H-pyrrole nitrogens is 1. The van der Waals surface area contributed by atoms with Gasteiger partial charge >= 0.3 is 0 Å². The number of allylic oxidation sites excluding steroid dienone is 1. The third-order valence-electron chi connectivity index (χ3n) is 4.97. The number of anilines is 1. The van der Waals surface area contributed by atoms with Gasteiger partial charge in [0, 0.05) is 55.3 Å². The summed E-state index contributed by atoms with van der Waals surface area (Å²) in [6.07, 6.45) is 11.4. The summed E-state index contributed by atoms with van der Waals surface area (Å²) in [4.78, 5) is 22.8. The van der Waals surface area contributed by atoms with Gasteiger partial charge in [0.05, 0.1) is 6.20 Å². The Morgan fingerprint density at radius 1 is 1.36 bits per heavy atom. The summed E-state index contributed by atoms with van der Waals surface area (Å²) in [5.41, 5.74) is 3.41. The molecule has 7 nitrogen and oxygen atoms in total. The van der Waals surface area contributed by atoms with Crippen LogP contribution in [0.15, 0.2) is 36.3 Å². The summed E-state index contributed by atoms with van der Waals surface area (Å²) >= 11 is 0. The Balaban J connectivity index is 1.37. The second-order valence-electron chi connectivity index (χ2n) is 6.66. The standard InChI is InChI=1S/C18H22N6O/c25-16(9-13-3-1-4-13)21-10-15-11-22-23-17(15)14-5-8-24(12-14)18-19-6-2-7-20-18/h2,6-7,9,11,14H,1,3-5,8,10,12H2,(H,21,25)(H,22,23). The molecule has 4 rings (SSSR count). The van der Waals surface area contributed by atoms with Gasteiger partial charge in [-0.05, 0) is 31.7 Å². The smallest absolute Gasteiger partial charge is 0.244 e. The highest BCUT2D eigenvalue weighted by atomic mass is 16.1. The molecule has 0 bridgehead atoms. The maximum Gasteiger partial charge on any atom is 0.244 e. The number of amides is 1. The number of carbonyl (C=O) groups excluding carboxylic acids is 1. The monoisotopic (exact) mass is 338 g/mol. The fourth-order valence-electron chi connectivity index (χ4n) is 3.39. The zero-order valence-corrected chi connectivity index (χ0v) is 14.1. The van der Waals surface area contributed by atoms with Crippen LogP contribution in [0.5, 0.6) is 0 Å². The predicted octanol–water partition coefficient (Wildman–Crippen LogP) is 1.92. The number of aromatic amines is 1. The van der Waals surface area contributed by atoms with Gasteiger partial charge in [0.15, 0.2) is 0 Å². The van der Waals surface area contributed by atoms with Gasteiger partial charge in [-0.1, -0.05) is 5.57 Å². The van der Waals surface area contributed by atoms with Gasteiger partial charge in [0.1, 0.15) is 0 Å². The van der Waals surface area contributed by atoms with Crippen LogP contribution < -0.4 is 10.2 Å². The number of hydrogen-bond acceptors (Lipinski definition) is 5. The second-order valence-corrected chi connectivity index (χ2v) is 6.66. The molecule has 7 heteroatoms. The second kappa shape index (κ2) is 7.04. The van der Waals surface area contributed by atoms with Crippen molar-refractivity contribution in [3.8, 4) is 0 Å². The molecule has 3 heterocycles. The van der Waals surface area contributed by atoms with E-state index in [1.165, 1.54) is 12.0 Å². The first-order chi connectivity index (χ1) is 12.3. The van der Waals surface area contributed by atoms with E-state index >= 15 is 0 Å². The number of rotatable bonds is 5. The minimum absolute atomic E-state index is 0.00687. The third kappa shape index (κ3) is 3.55. The van der Waals surface area contributed by atoms with E-state index in [0.717, 1.165) is 49.6 Å². The molecule has 0 spiro atoms. The molecule has 130 valence electrons. The average molecular weight is 338 g/mol. The molecule has 0 aromatic carbocycles. The number of nitrogens with zero attached hydrogens (tertiary/aromatic N) is 4. The first-order valence-corrected chi connectivity index (χ1v) is 8.81. The highest BCUT2D eigenvalue weighted by Gasteiger charge is 2.28. The van der Waals surface area contributed by atoms with Crippen LogP contribution in [-0.4, -0.2) is 39.2 Å². The summed E-state index contributed by atoms with van der Waals surface area (Å²) < 4.78 is 0. The van der Waals surface area contributed by atoms with Crippen LogP contribution >= 0.6 is 0 Å². The maximum absolute atomic E-state index is 12.0. The van der Waals surface area contributed by atoms with Crippen LogP contribution in [0, 0.1) is 0 Å². The van der Waals surface area contributed by atoms with E-state index in [4.69, 9.17) is 0 Å². The maximum atomic E-state index is 12.0. The van der Waals surface area contributed by atoms with Gasteiger partial charge < -0.3 is 10.2 Å². The molecule has 1 aliphatic carbocycles. The van der Waals surface area contributed by atoms with Crippen molar-refractivity contribution in [1.29, 1.82) is 0 Å². The largest absolute Gasteiger partial charge is 0.348 e. The average Bonchev–Trinajstić information content (AvgIpc) is 3.26. The highest BCUT2D eigenvalue weighted by Crippen LogP contribution is 2.29. The minimum Gasteiger partial charge on any atom is -0.348 e. The van der Waals surface area contributed by atoms with Crippen molar-refractivity contribution >= 4 is 11.9 Å². The van der Waals surface area contributed by atoms with E-state index in [1.807, 2.05) is 12.3 Å². The SMILES string of the molecule is O=C(C=C1CCC1)NCc1cn[nH]c1C1CCN(c2ncccn2)C1. The molecule has 2 aromatic heterocycles. The molecule has 1 saturated heterocycles. The molecule has 2 fully saturated rings. The van der Waals surface area contributed by atoms with Crippen LogP contribution in [0.3, 0.4) is 0 Å². The Morgan fingerprint density at radius 3 is 2.96 bits per heavy atom. The van der Waals surface area contributed by atoms with Gasteiger partial charge in [-0.15, -0.1) is 0 Å². The zero-order chi connectivity index (χ0) is 17.1. The third-order valence-corrected chi connectivity index (χ3v) is 4.97. The summed E-state index contributed by atoms with van der Waals surface area (Å²) in [6.45, 7) is 2.29. The van der Waals surface area contributed by atoms with Gasteiger partial charge in [-0.3, -0.25) is 9.89 Å². The highest BCUT2D eigenvalue weighted by molar-refractivity contribution is 5.88. The Labute approximate surface area is 146 Å². The molecule has 1 unspecified atom stereocenters. The van der Waals surface area contributed by atoms with Crippen molar-refractivity contribution in [2.45, 2.75) is 38.1 Å². The lowest BCUT2D eigenvalue weighted by molar-refractivity contribution is -0.116. The van der Waals surface area contributed by atoms with Crippen molar-refractivity contribution < 1.29 is 4.79 Å². The number of nitrogens with one attached hydrogen (secondary N) is 2. The van der Waals surface area contributed by atoms with Crippen LogP contribution in [0.4, 0.5) is 5.95 Å². The first kappa shape index (κ1) is 15.8. The summed E-state index contributed by atoms with van der Waals surface area (Å²) in [5.74, 6) is 1.11. The predicted molar refractivity (Wildman–Crippen MR) is 94.0 cm³/mol. The van der Waals surface area contributed by atoms with Gasteiger partial charge in [0.2, 0.25) is 11.9 Å². The first-order valence-electron chi connectivity index (χ1n) is 8.81. The molecule has 2 N–H and O–H groups in total. The summed E-state index contributed by atoms with van der Waals surface area (Å²) in [5, 5.41) is 10.3. The van der Waals surface area contributed by atoms with E-state index in [0.29, 0.717) is 12.5 Å². The van der Waals surface area contributed by atoms with Gasteiger partial charge in [-0.25, -0.2) is 9.97 Å². The van der Waals surface area contributed by atoms with Crippen LogP contribution in [0.2, 0.25) is 0 Å². The lowest BCUT2D eigenvalue weighted by Gasteiger charge is -2.16. The fraction of sp³-hybridized carbons (Fsp3) is 0.444. The number of aromatic nitrogens is 4. The zero-order valence-electron chi connectivity index (χ0n) is 14.1. The normalized spacial score (nSPS) is 19.6. The molecule has 0 radical (unpaired) electrons. The Morgan fingerprint density at radius 2 is 2.20 bits per heavy atom. The summed E-state index contributed by atoms with van der Waals surface area (Å²) in [6, 6.07) is 1.83.